The number of nitrogens with zero attached hydrogens (tertiary/aromatic N) is 3. The van der Waals surface area contributed by atoms with Crippen LogP contribution in [0.25, 0.3) is 5.65 Å². The molecule has 3 rings (SSSR count). The van der Waals surface area contributed by atoms with Gasteiger partial charge in [-0.1, -0.05) is 6.07 Å². The number of thioether (sulfide) groups is 1. The van der Waals surface area contributed by atoms with Crippen LogP contribution in [0.4, 0.5) is 0 Å². The van der Waals surface area contributed by atoms with Crippen molar-refractivity contribution in [2.75, 3.05) is 5.75 Å². The van der Waals surface area contributed by atoms with Gasteiger partial charge in [0.1, 0.15) is 0 Å². The van der Waals surface area contributed by atoms with E-state index in [9.17, 15) is 0 Å². The van der Waals surface area contributed by atoms with E-state index in [1.54, 1.807) is 0 Å². The van der Waals surface area contributed by atoms with Crippen molar-refractivity contribution in [1.29, 1.82) is 0 Å². The lowest BCUT2D eigenvalue weighted by molar-refractivity contribution is 0.766. The first-order valence-electron chi connectivity index (χ1n) is 4.86. The summed E-state index contributed by atoms with van der Waals surface area (Å²) in [7, 11) is 0. The van der Waals surface area contributed by atoms with Crippen molar-refractivity contribution < 1.29 is 0 Å². The maximum atomic E-state index is 4.27. The first-order valence-corrected chi connectivity index (χ1v) is 5.91. The van der Waals surface area contributed by atoms with E-state index in [2.05, 4.69) is 14.6 Å². The minimum atomic E-state index is 0.549. The molecular formula is C10H11N3S. The first-order chi connectivity index (χ1) is 6.95. The van der Waals surface area contributed by atoms with E-state index >= 15 is 0 Å². The summed E-state index contributed by atoms with van der Waals surface area (Å²) in [5.74, 6) is 2.37. The topological polar surface area (TPSA) is 30.2 Å². The molecule has 0 saturated carbocycles. The molecule has 2 aromatic rings. The molecule has 0 bridgehead atoms. The molecule has 0 amide bonds. The second kappa shape index (κ2) is 3.28. The Bertz CT molecular complexity index is 445. The maximum absolute atomic E-state index is 4.27. The predicted octanol–water partition coefficient (Wildman–Crippen LogP) is 2.30. The molecule has 0 aliphatic carbocycles. The SMILES string of the molecule is c1ccn2c(C3CCCS3)nnc2c1. The molecule has 0 aromatic carbocycles. The van der Waals surface area contributed by atoms with Crippen LogP contribution in [0.1, 0.15) is 23.9 Å². The van der Waals surface area contributed by atoms with E-state index in [0.717, 1.165) is 11.5 Å². The Kier molecular flexibility index (Phi) is 1.94. The highest BCUT2D eigenvalue weighted by atomic mass is 32.2. The zero-order chi connectivity index (χ0) is 9.38. The van der Waals surface area contributed by atoms with Gasteiger partial charge in [-0.3, -0.25) is 4.40 Å². The Morgan fingerprint density at radius 2 is 2.36 bits per heavy atom. The van der Waals surface area contributed by atoms with Gasteiger partial charge < -0.3 is 0 Å². The fourth-order valence-corrected chi connectivity index (χ4v) is 3.12. The molecule has 14 heavy (non-hydrogen) atoms. The van der Waals surface area contributed by atoms with Crippen molar-refractivity contribution >= 4 is 17.4 Å². The number of fused-ring (bicyclic) bond motifs is 1. The summed E-state index contributed by atoms with van der Waals surface area (Å²) in [6, 6.07) is 6.02. The van der Waals surface area contributed by atoms with Crippen molar-refractivity contribution in [3.8, 4) is 0 Å². The molecule has 2 aromatic heterocycles. The number of pyridine rings is 1. The van der Waals surface area contributed by atoms with Crippen molar-refractivity contribution in [2.45, 2.75) is 18.1 Å². The third-order valence-electron chi connectivity index (χ3n) is 2.56. The van der Waals surface area contributed by atoms with E-state index in [0.29, 0.717) is 5.25 Å². The second-order valence-corrected chi connectivity index (χ2v) is 4.80. The van der Waals surface area contributed by atoms with Gasteiger partial charge in [-0.2, -0.15) is 11.8 Å². The zero-order valence-corrected chi connectivity index (χ0v) is 8.57. The molecule has 0 N–H and O–H groups in total. The van der Waals surface area contributed by atoms with Gasteiger partial charge in [0, 0.05) is 6.20 Å². The van der Waals surface area contributed by atoms with Crippen molar-refractivity contribution in [2.24, 2.45) is 0 Å². The maximum Gasteiger partial charge on any atom is 0.160 e. The van der Waals surface area contributed by atoms with Gasteiger partial charge >= 0.3 is 0 Å². The molecule has 1 unspecified atom stereocenters. The Balaban J connectivity index is 2.11. The second-order valence-electron chi connectivity index (χ2n) is 3.49. The van der Waals surface area contributed by atoms with E-state index in [1.165, 1.54) is 18.6 Å². The minimum Gasteiger partial charge on any atom is -0.285 e. The summed E-state index contributed by atoms with van der Waals surface area (Å²) in [4.78, 5) is 0. The monoisotopic (exact) mass is 205 g/mol. The smallest absolute Gasteiger partial charge is 0.160 e. The van der Waals surface area contributed by atoms with Gasteiger partial charge in [-0.05, 0) is 30.7 Å². The number of hydrogen-bond donors (Lipinski definition) is 0. The van der Waals surface area contributed by atoms with Gasteiger partial charge in [0.25, 0.3) is 0 Å². The van der Waals surface area contributed by atoms with Crippen molar-refractivity contribution in [3.63, 3.8) is 0 Å². The van der Waals surface area contributed by atoms with Gasteiger partial charge in [0.15, 0.2) is 11.5 Å². The van der Waals surface area contributed by atoms with Crippen LogP contribution in [-0.2, 0) is 0 Å². The number of rotatable bonds is 1. The Morgan fingerprint density at radius 1 is 1.36 bits per heavy atom. The van der Waals surface area contributed by atoms with Crippen LogP contribution in [0.3, 0.4) is 0 Å². The van der Waals surface area contributed by atoms with E-state index in [-0.39, 0.29) is 0 Å². The van der Waals surface area contributed by atoms with E-state index < -0.39 is 0 Å². The number of aromatic nitrogens is 3. The fraction of sp³-hybridized carbons (Fsp3) is 0.400. The molecule has 0 spiro atoms. The molecule has 3 heterocycles. The van der Waals surface area contributed by atoms with Crippen LogP contribution >= 0.6 is 11.8 Å². The summed E-state index contributed by atoms with van der Waals surface area (Å²) in [6.07, 6.45) is 4.58. The van der Waals surface area contributed by atoms with E-state index in [1.807, 2.05) is 36.2 Å². The Hall–Kier alpha value is -1.03. The lowest BCUT2D eigenvalue weighted by Gasteiger charge is -2.04. The van der Waals surface area contributed by atoms with Crippen LogP contribution < -0.4 is 0 Å². The molecule has 1 saturated heterocycles. The first kappa shape index (κ1) is 8.29. The summed E-state index contributed by atoms with van der Waals surface area (Å²) in [5, 5.41) is 8.98. The molecule has 1 atom stereocenters. The average molecular weight is 205 g/mol. The summed E-state index contributed by atoms with van der Waals surface area (Å²) in [5.41, 5.74) is 0.954. The minimum absolute atomic E-state index is 0.549. The average Bonchev–Trinajstić information content (AvgIpc) is 2.85. The molecule has 0 radical (unpaired) electrons. The van der Waals surface area contributed by atoms with Crippen LogP contribution in [0.5, 0.6) is 0 Å². The summed E-state index contributed by atoms with van der Waals surface area (Å²) in [6.45, 7) is 0. The molecule has 1 fully saturated rings. The van der Waals surface area contributed by atoms with Crippen molar-refractivity contribution in [1.82, 2.24) is 14.6 Å². The molecular weight excluding hydrogens is 194 g/mol. The molecule has 1 aliphatic rings. The van der Waals surface area contributed by atoms with Crippen LogP contribution in [0.2, 0.25) is 0 Å². The molecule has 1 aliphatic heterocycles. The Labute approximate surface area is 86.5 Å². The summed E-state index contributed by atoms with van der Waals surface area (Å²) >= 11 is 1.99. The lowest BCUT2D eigenvalue weighted by Crippen LogP contribution is -1.96. The largest absolute Gasteiger partial charge is 0.285 e. The van der Waals surface area contributed by atoms with Gasteiger partial charge in [0.05, 0.1) is 5.25 Å². The van der Waals surface area contributed by atoms with Gasteiger partial charge in [-0.15, -0.1) is 10.2 Å². The summed E-state index contributed by atoms with van der Waals surface area (Å²) < 4.78 is 2.10. The third-order valence-corrected chi connectivity index (χ3v) is 3.93. The normalized spacial score (nSPS) is 21.9. The number of hydrogen-bond acceptors (Lipinski definition) is 3. The highest BCUT2D eigenvalue weighted by molar-refractivity contribution is 7.99. The third kappa shape index (κ3) is 1.21. The molecule has 72 valence electrons. The Morgan fingerprint density at radius 3 is 3.21 bits per heavy atom. The molecule has 4 heteroatoms. The van der Waals surface area contributed by atoms with Crippen LogP contribution in [0, 0.1) is 0 Å². The standard InChI is InChI=1S/C10H11N3S/c1-2-6-13-9(5-1)11-12-10(13)8-4-3-7-14-8/h1-2,5-6,8H,3-4,7H2. The van der Waals surface area contributed by atoms with Gasteiger partial charge in [-0.25, -0.2) is 0 Å². The highest BCUT2D eigenvalue weighted by Crippen LogP contribution is 2.38. The highest BCUT2D eigenvalue weighted by Gasteiger charge is 2.22. The fourth-order valence-electron chi connectivity index (χ4n) is 1.86. The van der Waals surface area contributed by atoms with Crippen LogP contribution in [0.15, 0.2) is 24.4 Å². The predicted molar refractivity (Wildman–Crippen MR) is 57.4 cm³/mol. The lowest BCUT2D eigenvalue weighted by atomic mass is 10.2. The van der Waals surface area contributed by atoms with E-state index in [4.69, 9.17) is 0 Å². The van der Waals surface area contributed by atoms with Crippen molar-refractivity contribution in [3.05, 3.63) is 30.2 Å². The molecule has 3 nitrogen and oxygen atoms in total. The zero-order valence-electron chi connectivity index (χ0n) is 7.76. The van der Waals surface area contributed by atoms with Crippen LogP contribution in [-0.4, -0.2) is 20.4 Å². The van der Waals surface area contributed by atoms with Gasteiger partial charge in [0.2, 0.25) is 0 Å². The quantitative estimate of drug-likeness (QED) is 0.715.